The van der Waals surface area contributed by atoms with Crippen LogP contribution >= 0.6 is 11.3 Å². The highest BCUT2D eigenvalue weighted by Crippen LogP contribution is 2.18. The first kappa shape index (κ1) is 12.0. The molecular weight excluding hydrogens is 275 g/mol. The van der Waals surface area contributed by atoms with E-state index in [4.69, 9.17) is 0 Å². The van der Waals surface area contributed by atoms with Gasteiger partial charge in [0.25, 0.3) is 0 Å². The first-order valence-corrected chi connectivity index (χ1v) is 6.31. The standard InChI is InChI=1S/C12H8F3N3S/c13-9-3-7(4-10(14)11(9)15)16-5-8-6-18-1-2-19-12(18)17-8/h1-4,6,16H,5H2. The second kappa shape index (κ2) is 4.58. The third-order valence-corrected chi connectivity index (χ3v) is 3.37. The van der Waals surface area contributed by atoms with Gasteiger partial charge < -0.3 is 5.32 Å². The highest BCUT2D eigenvalue weighted by atomic mass is 32.1. The van der Waals surface area contributed by atoms with E-state index in [1.165, 1.54) is 11.3 Å². The molecule has 0 saturated heterocycles. The summed E-state index contributed by atoms with van der Waals surface area (Å²) in [4.78, 5) is 5.15. The lowest BCUT2D eigenvalue weighted by atomic mass is 10.3. The molecule has 0 bridgehead atoms. The van der Waals surface area contributed by atoms with E-state index in [1.54, 1.807) is 0 Å². The van der Waals surface area contributed by atoms with Crippen LogP contribution in [0, 0.1) is 17.5 Å². The average molecular weight is 283 g/mol. The predicted molar refractivity (Wildman–Crippen MR) is 66.7 cm³/mol. The molecule has 7 heteroatoms. The van der Waals surface area contributed by atoms with Crippen molar-refractivity contribution in [1.29, 1.82) is 0 Å². The van der Waals surface area contributed by atoms with Crippen molar-refractivity contribution in [2.75, 3.05) is 5.32 Å². The summed E-state index contributed by atoms with van der Waals surface area (Å²) in [5, 5.41) is 4.71. The Morgan fingerprint density at radius 2 is 1.95 bits per heavy atom. The summed E-state index contributed by atoms with van der Waals surface area (Å²) in [5.74, 6) is -3.89. The van der Waals surface area contributed by atoms with Crippen molar-refractivity contribution in [3.8, 4) is 0 Å². The maximum Gasteiger partial charge on any atom is 0.194 e. The SMILES string of the molecule is Fc1cc(NCc2cn3ccsc3n2)cc(F)c1F. The van der Waals surface area contributed by atoms with E-state index < -0.39 is 17.5 Å². The number of hydrogen-bond donors (Lipinski definition) is 1. The number of nitrogens with zero attached hydrogens (tertiary/aromatic N) is 2. The van der Waals surface area contributed by atoms with Crippen LogP contribution in [-0.4, -0.2) is 9.38 Å². The lowest BCUT2D eigenvalue weighted by Crippen LogP contribution is -2.02. The molecule has 2 aromatic heterocycles. The van der Waals surface area contributed by atoms with Gasteiger partial charge in [-0.05, 0) is 0 Å². The minimum atomic E-state index is -1.46. The van der Waals surface area contributed by atoms with Crippen LogP contribution in [0.25, 0.3) is 4.96 Å². The molecule has 0 saturated carbocycles. The summed E-state index contributed by atoms with van der Waals surface area (Å²) in [7, 11) is 0. The van der Waals surface area contributed by atoms with Crippen LogP contribution in [0.15, 0.2) is 29.9 Å². The number of rotatable bonds is 3. The monoisotopic (exact) mass is 283 g/mol. The van der Waals surface area contributed by atoms with Gasteiger partial charge in [-0.3, -0.25) is 4.40 Å². The quantitative estimate of drug-likeness (QED) is 0.746. The highest BCUT2D eigenvalue weighted by molar-refractivity contribution is 7.15. The van der Waals surface area contributed by atoms with E-state index in [9.17, 15) is 13.2 Å². The van der Waals surface area contributed by atoms with E-state index in [0.717, 1.165) is 22.8 Å². The molecule has 0 aliphatic rings. The lowest BCUT2D eigenvalue weighted by molar-refractivity contribution is 0.447. The maximum absolute atomic E-state index is 13.0. The van der Waals surface area contributed by atoms with Crippen LogP contribution in [0.1, 0.15) is 5.69 Å². The molecule has 0 spiro atoms. The van der Waals surface area contributed by atoms with Crippen molar-refractivity contribution in [3.63, 3.8) is 0 Å². The fraction of sp³-hybridized carbons (Fsp3) is 0.0833. The van der Waals surface area contributed by atoms with Crippen LogP contribution in [0.4, 0.5) is 18.9 Å². The van der Waals surface area contributed by atoms with Crippen molar-refractivity contribution in [3.05, 3.63) is 53.1 Å². The van der Waals surface area contributed by atoms with Crippen molar-refractivity contribution in [1.82, 2.24) is 9.38 Å². The van der Waals surface area contributed by atoms with E-state index in [2.05, 4.69) is 10.3 Å². The van der Waals surface area contributed by atoms with Gasteiger partial charge in [-0.1, -0.05) is 0 Å². The molecule has 0 radical (unpaired) electrons. The molecule has 0 aliphatic carbocycles. The van der Waals surface area contributed by atoms with E-state index in [1.807, 2.05) is 22.2 Å². The molecule has 1 N–H and O–H groups in total. The van der Waals surface area contributed by atoms with Crippen LogP contribution in [0.2, 0.25) is 0 Å². The number of fused-ring (bicyclic) bond motifs is 1. The van der Waals surface area contributed by atoms with Gasteiger partial charge in [0.05, 0.1) is 12.2 Å². The first-order valence-electron chi connectivity index (χ1n) is 5.43. The Hall–Kier alpha value is -2.02. The van der Waals surface area contributed by atoms with Gasteiger partial charge in [0, 0.05) is 35.6 Å². The number of halogens is 3. The Morgan fingerprint density at radius 1 is 1.21 bits per heavy atom. The number of aromatic nitrogens is 2. The summed E-state index contributed by atoms with van der Waals surface area (Å²) in [6.45, 7) is 0.304. The number of imidazole rings is 1. The first-order chi connectivity index (χ1) is 9.13. The van der Waals surface area contributed by atoms with Gasteiger partial charge in [0.15, 0.2) is 22.4 Å². The molecule has 3 aromatic rings. The molecule has 98 valence electrons. The van der Waals surface area contributed by atoms with Crippen molar-refractivity contribution in [2.45, 2.75) is 6.54 Å². The lowest BCUT2D eigenvalue weighted by Gasteiger charge is -2.05. The Kier molecular flexibility index (Phi) is 2.90. The maximum atomic E-state index is 13.0. The van der Waals surface area contributed by atoms with Crippen LogP contribution in [-0.2, 0) is 6.54 Å². The summed E-state index contributed by atoms with van der Waals surface area (Å²) < 4.78 is 40.7. The average Bonchev–Trinajstić information content (AvgIpc) is 2.93. The Labute approximate surface area is 110 Å². The summed E-state index contributed by atoms with van der Waals surface area (Å²) in [5.41, 5.74) is 0.907. The molecule has 19 heavy (non-hydrogen) atoms. The van der Waals surface area contributed by atoms with Gasteiger partial charge in [0.2, 0.25) is 0 Å². The summed E-state index contributed by atoms with van der Waals surface area (Å²) in [6, 6.07) is 1.83. The molecule has 3 nitrogen and oxygen atoms in total. The van der Waals surface area contributed by atoms with Gasteiger partial charge in [-0.25, -0.2) is 18.2 Å². The second-order valence-corrected chi connectivity index (χ2v) is 4.81. The zero-order chi connectivity index (χ0) is 13.4. The predicted octanol–water partition coefficient (Wildman–Crippen LogP) is 3.43. The number of anilines is 1. The minimum Gasteiger partial charge on any atom is -0.379 e. The zero-order valence-electron chi connectivity index (χ0n) is 9.53. The second-order valence-electron chi connectivity index (χ2n) is 3.93. The van der Waals surface area contributed by atoms with Crippen LogP contribution < -0.4 is 5.32 Å². The summed E-state index contributed by atoms with van der Waals surface area (Å²) in [6.07, 6.45) is 3.68. The molecule has 0 fully saturated rings. The van der Waals surface area contributed by atoms with E-state index in [0.29, 0.717) is 6.54 Å². The molecule has 0 unspecified atom stereocenters. The van der Waals surface area contributed by atoms with E-state index in [-0.39, 0.29) is 5.69 Å². The molecule has 0 amide bonds. The minimum absolute atomic E-state index is 0.174. The fourth-order valence-corrected chi connectivity index (χ4v) is 2.43. The third kappa shape index (κ3) is 2.28. The molecular formula is C12H8F3N3S. The summed E-state index contributed by atoms with van der Waals surface area (Å²) >= 11 is 1.49. The molecule has 2 heterocycles. The fourth-order valence-electron chi connectivity index (χ4n) is 1.71. The Morgan fingerprint density at radius 3 is 2.63 bits per heavy atom. The molecule has 0 atom stereocenters. The van der Waals surface area contributed by atoms with Crippen LogP contribution in [0.5, 0.6) is 0 Å². The smallest absolute Gasteiger partial charge is 0.194 e. The Balaban J connectivity index is 1.77. The van der Waals surface area contributed by atoms with Crippen molar-refractivity contribution in [2.24, 2.45) is 0 Å². The normalized spacial score (nSPS) is 11.1. The van der Waals surface area contributed by atoms with Gasteiger partial charge in [-0.15, -0.1) is 11.3 Å². The molecule has 1 aromatic carbocycles. The topological polar surface area (TPSA) is 29.3 Å². The molecule has 0 aliphatic heterocycles. The van der Waals surface area contributed by atoms with Crippen molar-refractivity contribution >= 4 is 22.0 Å². The van der Waals surface area contributed by atoms with E-state index >= 15 is 0 Å². The van der Waals surface area contributed by atoms with Crippen molar-refractivity contribution < 1.29 is 13.2 Å². The number of hydrogen-bond acceptors (Lipinski definition) is 3. The largest absolute Gasteiger partial charge is 0.379 e. The third-order valence-electron chi connectivity index (χ3n) is 2.60. The number of benzene rings is 1. The highest BCUT2D eigenvalue weighted by Gasteiger charge is 2.10. The number of thiazole rings is 1. The number of nitrogens with one attached hydrogen (secondary N) is 1. The Bertz CT molecular complexity index is 683. The van der Waals surface area contributed by atoms with Gasteiger partial charge >= 0.3 is 0 Å². The van der Waals surface area contributed by atoms with Gasteiger partial charge in [-0.2, -0.15) is 0 Å². The zero-order valence-corrected chi connectivity index (χ0v) is 10.3. The van der Waals surface area contributed by atoms with Gasteiger partial charge in [0.1, 0.15) is 0 Å². The van der Waals surface area contributed by atoms with Crippen LogP contribution in [0.3, 0.4) is 0 Å². The molecule has 3 rings (SSSR count).